The normalized spacial score (nSPS) is 21.1. The molecule has 1 saturated heterocycles. The van der Waals surface area contributed by atoms with Crippen molar-refractivity contribution < 1.29 is 0 Å². The maximum Gasteiger partial charge on any atom is 0.224 e. The first-order chi connectivity index (χ1) is 8.06. The lowest BCUT2D eigenvalue weighted by atomic mass is 10.2. The predicted molar refractivity (Wildman–Crippen MR) is 69.5 cm³/mol. The molecule has 0 unspecified atom stereocenters. The SMILES string of the molecule is Cc1nc(Cl)nc(Cl)c1CCN1CC[C@@H](N)C1. The summed E-state index contributed by atoms with van der Waals surface area (Å²) >= 11 is 11.8. The summed E-state index contributed by atoms with van der Waals surface area (Å²) in [6.45, 7) is 4.88. The van der Waals surface area contributed by atoms with Gasteiger partial charge in [0.1, 0.15) is 5.15 Å². The molecule has 4 nitrogen and oxygen atoms in total. The lowest BCUT2D eigenvalue weighted by Gasteiger charge is -2.16. The van der Waals surface area contributed by atoms with Crippen LogP contribution in [0.4, 0.5) is 0 Å². The number of hydrogen-bond acceptors (Lipinski definition) is 4. The minimum Gasteiger partial charge on any atom is -0.326 e. The zero-order chi connectivity index (χ0) is 12.4. The molecule has 0 bridgehead atoms. The van der Waals surface area contributed by atoms with Crippen molar-refractivity contribution in [1.29, 1.82) is 0 Å². The van der Waals surface area contributed by atoms with E-state index in [9.17, 15) is 0 Å². The van der Waals surface area contributed by atoms with E-state index in [-0.39, 0.29) is 5.28 Å². The summed E-state index contributed by atoms with van der Waals surface area (Å²) in [7, 11) is 0. The van der Waals surface area contributed by atoms with Gasteiger partial charge in [-0.1, -0.05) is 11.6 Å². The van der Waals surface area contributed by atoms with Crippen LogP contribution < -0.4 is 5.73 Å². The van der Waals surface area contributed by atoms with Gasteiger partial charge in [0.2, 0.25) is 5.28 Å². The molecule has 17 heavy (non-hydrogen) atoms. The molecule has 1 aliphatic rings. The predicted octanol–water partition coefficient (Wildman–Crippen LogP) is 1.67. The van der Waals surface area contributed by atoms with E-state index in [1.165, 1.54) is 0 Å². The first-order valence-corrected chi connectivity index (χ1v) is 6.48. The molecule has 1 aromatic heterocycles. The molecular weight excluding hydrogens is 259 g/mol. The van der Waals surface area contributed by atoms with Crippen molar-refractivity contribution in [3.8, 4) is 0 Å². The Morgan fingerprint density at radius 3 is 2.76 bits per heavy atom. The van der Waals surface area contributed by atoms with E-state index < -0.39 is 0 Å². The van der Waals surface area contributed by atoms with Gasteiger partial charge >= 0.3 is 0 Å². The highest BCUT2D eigenvalue weighted by Gasteiger charge is 2.19. The molecule has 2 heterocycles. The fourth-order valence-corrected chi connectivity index (χ4v) is 2.71. The van der Waals surface area contributed by atoms with E-state index in [4.69, 9.17) is 28.9 Å². The second kappa shape index (κ2) is 5.48. The van der Waals surface area contributed by atoms with Crippen LogP contribution in [0.3, 0.4) is 0 Å². The van der Waals surface area contributed by atoms with Gasteiger partial charge in [-0.05, 0) is 37.9 Å². The standard InChI is InChI=1S/C11H16Cl2N4/c1-7-9(10(12)16-11(13)15-7)3-5-17-4-2-8(14)6-17/h8H,2-6,14H2,1H3/t8-/m1/s1. The summed E-state index contributed by atoms with van der Waals surface area (Å²) < 4.78 is 0. The van der Waals surface area contributed by atoms with Crippen molar-refractivity contribution in [3.63, 3.8) is 0 Å². The zero-order valence-electron chi connectivity index (χ0n) is 9.79. The van der Waals surface area contributed by atoms with Crippen molar-refractivity contribution >= 4 is 23.2 Å². The maximum atomic E-state index is 6.07. The minimum atomic E-state index is 0.208. The van der Waals surface area contributed by atoms with Crippen molar-refractivity contribution in [2.75, 3.05) is 19.6 Å². The fourth-order valence-electron chi connectivity index (χ4n) is 2.15. The molecule has 2 rings (SSSR count). The van der Waals surface area contributed by atoms with Crippen LogP contribution in [0.5, 0.6) is 0 Å². The molecule has 0 spiro atoms. The Morgan fingerprint density at radius 1 is 1.41 bits per heavy atom. The molecule has 94 valence electrons. The van der Waals surface area contributed by atoms with Gasteiger partial charge < -0.3 is 10.6 Å². The lowest BCUT2D eigenvalue weighted by Crippen LogP contribution is -2.28. The van der Waals surface area contributed by atoms with Crippen molar-refractivity contribution in [1.82, 2.24) is 14.9 Å². The molecule has 1 fully saturated rings. The molecule has 0 saturated carbocycles. The van der Waals surface area contributed by atoms with Gasteiger partial charge in [-0.25, -0.2) is 9.97 Å². The first-order valence-electron chi connectivity index (χ1n) is 5.72. The molecule has 0 aliphatic carbocycles. The third kappa shape index (κ3) is 3.28. The Kier molecular flexibility index (Phi) is 4.20. The Balaban J connectivity index is 1.99. The van der Waals surface area contributed by atoms with Crippen molar-refractivity contribution in [2.45, 2.75) is 25.8 Å². The highest BCUT2D eigenvalue weighted by atomic mass is 35.5. The Labute approximate surface area is 111 Å². The van der Waals surface area contributed by atoms with Crippen LogP contribution in [0.25, 0.3) is 0 Å². The first kappa shape index (κ1) is 13.0. The quantitative estimate of drug-likeness (QED) is 0.673. The monoisotopic (exact) mass is 274 g/mol. The second-order valence-electron chi connectivity index (χ2n) is 4.45. The molecule has 1 aliphatic heterocycles. The summed E-state index contributed by atoms with van der Waals surface area (Å²) in [6, 6.07) is 0.313. The van der Waals surface area contributed by atoms with E-state index in [2.05, 4.69) is 14.9 Å². The molecule has 6 heteroatoms. The Bertz CT molecular complexity index is 387. The molecule has 1 atom stereocenters. The number of likely N-dealkylation sites (tertiary alicyclic amines) is 1. The highest BCUT2D eigenvalue weighted by molar-refractivity contribution is 6.32. The number of aryl methyl sites for hydroxylation is 1. The average Bonchev–Trinajstić information content (AvgIpc) is 2.62. The largest absolute Gasteiger partial charge is 0.326 e. The van der Waals surface area contributed by atoms with Crippen LogP contribution in [-0.4, -0.2) is 40.5 Å². The van der Waals surface area contributed by atoms with Crippen molar-refractivity contribution in [2.24, 2.45) is 5.73 Å². The summed E-state index contributed by atoms with van der Waals surface area (Å²) in [5.41, 5.74) is 7.71. The molecule has 0 radical (unpaired) electrons. The van der Waals surface area contributed by atoms with Crippen LogP contribution in [0.2, 0.25) is 10.4 Å². The Hall–Kier alpha value is -0.420. The van der Waals surface area contributed by atoms with Crippen LogP contribution >= 0.6 is 23.2 Å². The summed E-state index contributed by atoms with van der Waals surface area (Å²) in [5, 5.41) is 0.672. The van der Waals surface area contributed by atoms with Gasteiger partial charge in [0.15, 0.2) is 0 Å². The third-order valence-electron chi connectivity index (χ3n) is 3.12. The highest BCUT2D eigenvalue weighted by Crippen LogP contribution is 2.20. The number of nitrogens with two attached hydrogens (primary N) is 1. The van der Waals surface area contributed by atoms with Crippen molar-refractivity contribution in [3.05, 3.63) is 21.7 Å². The second-order valence-corrected chi connectivity index (χ2v) is 5.14. The third-order valence-corrected chi connectivity index (χ3v) is 3.60. The molecule has 1 aromatic rings. The fraction of sp³-hybridized carbons (Fsp3) is 0.636. The number of rotatable bonds is 3. The molecule has 0 amide bonds. The van der Waals surface area contributed by atoms with Gasteiger partial charge in [-0.15, -0.1) is 0 Å². The number of aromatic nitrogens is 2. The lowest BCUT2D eigenvalue weighted by molar-refractivity contribution is 0.338. The van der Waals surface area contributed by atoms with Crippen LogP contribution in [0, 0.1) is 6.92 Å². The maximum absolute atomic E-state index is 6.07. The minimum absolute atomic E-state index is 0.208. The van der Waals surface area contributed by atoms with E-state index >= 15 is 0 Å². The van der Waals surface area contributed by atoms with E-state index in [1.54, 1.807) is 0 Å². The number of halogens is 2. The Morgan fingerprint density at radius 2 is 2.18 bits per heavy atom. The van der Waals surface area contributed by atoms with Gasteiger partial charge in [-0.2, -0.15) is 0 Å². The number of nitrogens with zero attached hydrogens (tertiary/aromatic N) is 3. The molecule has 2 N–H and O–H groups in total. The van der Waals surface area contributed by atoms with E-state index in [0.717, 1.165) is 43.7 Å². The van der Waals surface area contributed by atoms with Gasteiger partial charge in [0.05, 0.1) is 0 Å². The smallest absolute Gasteiger partial charge is 0.224 e. The van der Waals surface area contributed by atoms with E-state index in [1.807, 2.05) is 6.92 Å². The summed E-state index contributed by atoms with van der Waals surface area (Å²) in [4.78, 5) is 10.4. The van der Waals surface area contributed by atoms with Gasteiger partial charge in [-0.3, -0.25) is 0 Å². The number of hydrogen-bond donors (Lipinski definition) is 1. The molecule has 0 aromatic carbocycles. The summed E-state index contributed by atoms with van der Waals surface area (Å²) in [5.74, 6) is 0. The topological polar surface area (TPSA) is 55.0 Å². The van der Waals surface area contributed by atoms with Crippen LogP contribution in [0.1, 0.15) is 17.7 Å². The van der Waals surface area contributed by atoms with Gasteiger partial charge in [0.25, 0.3) is 0 Å². The van der Waals surface area contributed by atoms with E-state index in [0.29, 0.717) is 11.2 Å². The molecular formula is C11H16Cl2N4. The summed E-state index contributed by atoms with van der Waals surface area (Å²) in [6.07, 6.45) is 1.92. The zero-order valence-corrected chi connectivity index (χ0v) is 11.3. The van der Waals surface area contributed by atoms with Crippen LogP contribution in [-0.2, 0) is 6.42 Å². The van der Waals surface area contributed by atoms with Gasteiger partial charge in [0, 0.05) is 30.4 Å². The van der Waals surface area contributed by atoms with Crippen LogP contribution in [0.15, 0.2) is 0 Å². The average molecular weight is 275 g/mol.